The predicted octanol–water partition coefficient (Wildman–Crippen LogP) is 6.26. The summed E-state index contributed by atoms with van der Waals surface area (Å²) in [6, 6.07) is 20.9. The highest BCUT2D eigenvalue weighted by Gasteiger charge is 2.33. The van der Waals surface area contributed by atoms with Gasteiger partial charge >= 0.3 is 0 Å². The Bertz CT molecular complexity index is 1280. The normalized spacial score (nSPS) is 14.9. The molecule has 0 bridgehead atoms. The van der Waals surface area contributed by atoms with Crippen molar-refractivity contribution in [1.82, 2.24) is 4.72 Å². The van der Waals surface area contributed by atoms with Crippen LogP contribution in [-0.2, 0) is 0 Å². The van der Waals surface area contributed by atoms with Crippen molar-refractivity contribution >= 4 is 35.3 Å². The maximum atomic E-state index is 13.7. The van der Waals surface area contributed by atoms with Crippen molar-refractivity contribution in [3.8, 4) is 0 Å². The van der Waals surface area contributed by atoms with Gasteiger partial charge in [0.2, 0.25) is 0 Å². The molecule has 0 amide bonds. The van der Waals surface area contributed by atoms with Crippen LogP contribution >= 0.6 is 23.7 Å². The minimum absolute atomic E-state index is 0.0248. The van der Waals surface area contributed by atoms with E-state index in [1.54, 1.807) is 12.1 Å². The van der Waals surface area contributed by atoms with Crippen LogP contribution in [-0.4, -0.2) is 17.6 Å². The fourth-order valence-electron chi connectivity index (χ4n) is 3.74. The molecule has 0 saturated heterocycles. The summed E-state index contributed by atoms with van der Waals surface area (Å²) in [6.07, 6.45) is 12.0. The number of carbonyl (C=O) groups is 2. The van der Waals surface area contributed by atoms with Crippen LogP contribution in [0.4, 0.5) is 0 Å². The van der Waals surface area contributed by atoms with Gasteiger partial charge in [-0.1, -0.05) is 90.7 Å². The molecule has 0 unspecified atom stereocenters. The van der Waals surface area contributed by atoms with Crippen molar-refractivity contribution in [1.29, 1.82) is 0 Å². The average Bonchev–Trinajstić information content (AvgIpc) is 3.10. The van der Waals surface area contributed by atoms with Gasteiger partial charge in [-0.15, -0.1) is 0 Å². The number of fused-ring (bicyclic) bond motifs is 2. The van der Waals surface area contributed by atoms with Gasteiger partial charge in [0.15, 0.2) is 11.6 Å². The Kier molecular flexibility index (Phi) is 5.95. The molecule has 5 rings (SSSR count). The molecule has 3 aromatic rings. The molecule has 0 aliphatic heterocycles. The number of nitrogens with one attached hydrogen (secondary N) is 1. The Morgan fingerprint density at radius 2 is 1.25 bits per heavy atom. The van der Waals surface area contributed by atoms with E-state index in [-0.39, 0.29) is 17.6 Å². The highest BCUT2D eigenvalue weighted by molar-refractivity contribution is 7.99. The minimum Gasteiger partial charge on any atom is -0.289 e. The van der Waals surface area contributed by atoms with Gasteiger partial charge < -0.3 is 0 Å². The Labute approximate surface area is 195 Å². The van der Waals surface area contributed by atoms with Crippen LogP contribution in [0.1, 0.15) is 31.8 Å². The summed E-state index contributed by atoms with van der Waals surface area (Å²) in [4.78, 5) is 29.7. The van der Waals surface area contributed by atoms with E-state index in [4.69, 9.17) is 0 Å². The second-order valence-electron chi connectivity index (χ2n) is 7.33. The highest BCUT2D eigenvalue weighted by atomic mass is 32.2. The van der Waals surface area contributed by atoms with Gasteiger partial charge in [-0.2, -0.15) is 0 Å². The lowest BCUT2D eigenvalue weighted by atomic mass is 9.84. The summed E-state index contributed by atoms with van der Waals surface area (Å²) < 4.78 is 3.38. The van der Waals surface area contributed by atoms with Gasteiger partial charge in [0.1, 0.15) is 0 Å². The van der Waals surface area contributed by atoms with Gasteiger partial charge in [0.25, 0.3) is 0 Å². The standard InChI is InChI=1S/C27H19NO2S2/c29-26-20-14-8-16-22(31-19-12-6-3-7-13-19)24(20)27(30)25-21(26)15-9-17-23(25)32-28-18-10-4-1-2-5-11-18/h1-18,28H. The zero-order chi connectivity index (χ0) is 21.9. The molecule has 5 heteroatoms. The van der Waals surface area contributed by atoms with Crippen molar-refractivity contribution in [2.45, 2.75) is 20.7 Å². The Balaban J connectivity index is 1.51. The van der Waals surface area contributed by atoms with Crippen LogP contribution in [0.5, 0.6) is 0 Å². The van der Waals surface area contributed by atoms with Gasteiger partial charge in [-0.05, 0) is 36.2 Å². The lowest BCUT2D eigenvalue weighted by molar-refractivity contribution is 0.0974. The van der Waals surface area contributed by atoms with Gasteiger partial charge in [-0.25, -0.2) is 4.72 Å². The number of hydrogen-bond acceptors (Lipinski definition) is 5. The number of allylic oxidation sites excluding steroid dienone is 4. The molecule has 2 aliphatic carbocycles. The molecule has 0 fully saturated rings. The van der Waals surface area contributed by atoms with Crippen LogP contribution in [0.15, 0.2) is 118 Å². The number of benzene rings is 3. The van der Waals surface area contributed by atoms with E-state index < -0.39 is 0 Å². The van der Waals surface area contributed by atoms with Crippen molar-refractivity contribution in [2.24, 2.45) is 0 Å². The third-order valence-corrected chi connectivity index (χ3v) is 7.26. The summed E-state index contributed by atoms with van der Waals surface area (Å²) in [7, 11) is 0. The summed E-state index contributed by atoms with van der Waals surface area (Å²) in [6.45, 7) is 0. The molecule has 1 N–H and O–H groups in total. The summed E-state index contributed by atoms with van der Waals surface area (Å²) in [5.41, 5.74) is 1.90. The Morgan fingerprint density at radius 3 is 1.94 bits per heavy atom. The maximum Gasteiger partial charge on any atom is 0.196 e. The molecule has 0 spiro atoms. The number of hydrogen-bond donors (Lipinski definition) is 1. The average molecular weight is 454 g/mol. The molecule has 0 heterocycles. The van der Waals surface area contributed by atoms with Crippen LogP contribution in [0, 0.1) is 0 Å². The van der Waals surface area contributed by atoms with Gasteiger partial charge in [0, 0.05) is 36.9 Å². The van der Waals surface area contributed by atoms with Gasteiger partial charge in [0.05, 0.1) is 6.04 Å². The van der Waals surface area contributed by atoms with E-state index >= 15 is 0 Å². The molecule has 0 aromatic heterocycles. The first kappa shape index (κ1) is 20.8. The third-order valence-electron chi connectivity index (χ3n) is 5.24. The molecule has 3 nitrogen and oxygen atoms in total. The highest BCUT2D eigenvalue weighted by Crippen LogP contribution is 2.39. The lowest BCUT2D eigenvalue weighted by Gasteiger charge is -2.22. The van der Waals surface area contributed by atoms with Crippen molar-refractivity contribution in [2.75, 3.05) is 0 Å². The molecule has 0 atom stereocenters. The maximum absolute atomic E-state index is 13.7. The van der Waals surface area contributed by atoms with Crippen molar-refractivity contribution < 1.29 is 9.59 Å². The Morgan fingerprint density at radius 1 is 0.625 bits per heavy atom. The quantitative estimate of drug-likeness (QED) is 0.361. The SMILES string of the molecule is O=C1c2cccc(SNC3C=CC=CC=C3)c2C(=O)c2c(Sc3ccccc3)cccc21. The summed E-state index contributed by atoms with van der Waals surface area (Å²) >= 11 is 2.89. The van der Waals surface area contributed by atoms with E-state index in [0.717, 1.165) is 14.7 Å². The van der Waals surface area contributed by atoms with E-state index in [2.05, 4.69) is 4.72 Å². The molecule has 156 valence electrons. The number of rotatable bonds is 5. The topological polar surface area (TPSA) is 46.2 Å². The molecular formula is C27H19NO2S2. The van der Waals surface area contributed by atoms with Crippen LogP contribution < -0.4 is 4.72 Å². The molecule has 2 aliphatic rings. The molecule has 0 radical (unpaired) electrons. The minimum atomic E-state index is -0.106. The zero-order valence-corrected chi connectivity index (χ0v) is 18.7. The monoisotopic (exact) mass is 453 g/mol. The van der Waals surface area contributed by atoms with Crippen LogP contribution in [0.3, 0.4) is 0 Å². The van der Waals surface area contributed by atoms with Crippen molar-refractivity contribution in [3.05, 3.63) is 125 Å². The molecule has 32 heavy (non-hydrogen) atoms. The second kappa shape index (κ2) is 9.17. The fraction of sp³-hybridized carbons (Fsp3) is 0.0370. The lowest BCUT2D eigenvalue weighted by Crippen LogP contribution is -2.24. The zero-order valence-electron chi connectivity index (χ0n) is 17.0. The smallest absolute Gasteiger partial charge is 0.196 e. The van der Waals surface area contributed by atoms with E-state index in [1.165, 1.54) is 23.7 Å². The Hall–Kier alpha value is -3.12. The number of carbonyl (C=O) groups excluding carboxylic acids is 2. The number of ketones is 2. The van der Waals surface area contributed by atoms with E-state index in [1.807, 2.05) is 91.1 Å². The van der Waals surface area contributed by atoms with E-state index in [0.29, 0.717) is 22.3 Å². The molecule has 3 aromatic carbocycles. The van der Waals surface area contributed by atoms with E-state index in [9.17, 15) is 9.59 Å². The fourth-order valence-corrected chi connectivity index (χ4v) is 5.61. The summed E-state index contributed by atoms with van der Waals surface area (Å²) in [5, 5.41) is 0. The van der Waals surface area contributed by atoms with Crippen LogP contribution in [0.25, 0.3) is 0 Å². The second-order valence-corrected chi connectivity index (χ2v) is 9.33. The first-order valence-electron chi connectivity index (χ1n) is 10.2. The van der Waals surface area contributed by atoms with Crippen molar-refractivity contribution in [3.63, 3.8) is 0 Å². The predicted molar refractivity (Wildman–Crippen MR) is 131 cm³/mol. The third kappa shape index (κ3) is 4.02. The van der Waals surface area contributed by atoms with Gasteiger partial charge in [-0.3, -0.25) is 9.59 Å². The first-order valence-corrected chi connectivity index (χ1v) is 11.9. The van der Waals surface area contributed by atoms with Crippen LogP contribution in [0.2, 0.25) is 0 Å². The molecular weight excluding hydrogens is 434 g/mol. The molecule has 0 saturated carbocycles. The summed E-state index contributed by atoms with van der Waals surface area (Å²) in [5.74, 6) is -0.210. The first-order chi connectivity index (χ1) is 15.7. The largest absolute Gasteiger partial charge is 0.289 e.